The molecule has 0 aliphatic carbocycles. The molecule has 102 valence electrons. The third kappa shape index (κ3) is 3.99. The van der Waals surface area contributed by atoms with Gasteiger partial charge in [0.05, 0.1) is 12.1 Å². The molecule has 2 rings (SSSR count). The van der Waals surface area contributed by atoms with Gasteiger partial charge < -0.3 is 15.2 Å². The fraction of sp³-hybridized carbons (Fsp3) is 0.667. The van der Waals surface area contributed by atoms with E-state index in [1.165, 1.54) is 0 Å². The summed E-state index contributed by atoms with van der Waals surface area (Å²) in [5.41, 5.74) is 0.691. The highest BCUT2D eigenvalue weighted by molar-refractivity contribution is 5.85. The Morgan fingerprint density at radius 3 is 3.06 bits per heavy atom. The Kier molecular flexibility index (Phi) is 5.62. The van der Waals surface area contributed by atoms with Crippen molar-refractivity contribution in [3.63, 3.8) is 0 Å². The number of piperidine rings is 1. The summed E-state index contributed by atoms with van der Waals surface area (Å²) in [6.45, 7) is 4.96. The summed E-state index contributed by atoms with van der Waals surface area (Å²) in [7, 11) is 0. The van der Waals surface area contributed by atoms with Crippen LogP contribution in [-0.2, 0) is 11.2 Å². The third-order valence-electron chi connectivity index (χ3n) is 3.13. The van der Waals surface area contributed by atoms with Crippen molar-refractivity contribution < 1.29 is 9.32 Å². The van der Waals surface area contributed by atoms with Crippen molar-refractivity contribution in [2.75, 3.05) is 6.54 Å². The van der Waals surface area contributed by atoms with Crippen LogP contribution < -0.4 is 10.6 Å². The number of hydrogen-bond acceptors (Lipinski definition) is 4. The number of hydrogen-bond donors (Lipinski definition) is 2. The average Bonchev–Trinajstić information content (AvgIpc) is 2.67. The summed E-state index contributed by atoms with van der Waals surface area (Å²) in [6.07, 6.45) is 2.44. The molecule has 2 N–H and O–H groups in total. The van der Waals surface area contributed by atoms with Crippen LogP contribution in [-0.4, -0.2) is 29.7 Å². The van der Waals surface area contributed by atoms with Gasteiger partial charge >= 0.3 is 0 Å². The molecule has 0 bridgehead atoms. The quantitative estimate of drug-likeness (QED) is 0.869. The molecule has 1 aliphatic heterocycles. The number of aromatic nitrogens is 1. The largest absolute Gasteiger partial charge is 0.361 e. The van der Waals surface area contributed by atoms with Gasteiger partial charge in [0.2, 0.25) is 5.91 Å². The standard InChI is InChI=1S/C12H19N3O2.ClH/c1-8-6-10(15-17-8)7-12(16)14-11-4-3-5-13-9(11)2;/h6,9,11,13H,3-5,7H2,1-2H3,(H,14,16);1H. The molecule has 1 aromatic heterocycles. The van der Waals surface area contributed by atoms with E-state index >= 15 is 0 Å². The topological polar surface area (TPSA) is 67.2 Å². The minimum absolute atomic E-state index is 0. The smallest absolute Gasteiger partial charge is 0.226 e. The predicted molar refractivity (Wildman–Crippen MR) is 70.8 cm³/mol. The molecule has 1 amide bonds. The number of aryl methyl sites for hydroxylation is 1. The zero-order valence-corrected chi connectivity index (χ0v) is 11.5. The minimum Gasteiger partial charge on any atom is -0.361 e. The van der Waals surface area contributed by atoms with Crippen molar-refractivity contribution in [1.29, 1.82) is 0 Å². The van der Waals surface area contributed by atoms with Gasteiger partial charge in [-0.25, -0.2) is 0 Å². The second kappa shape index (κ2) is 6.75. The van der Waals surface area contributed by atoms with Crippen LogP contribution in [0.5, 0.6) is 0 Å². The van der Waals surface area contributed by atoms with Crippen LogP contribution in [0, 0.1) is 6.92 Å². The van der Waals surface area contributed by atoms with Crippen LogP contribution in [0.3, 0.4) is 0 Å². The van der Waals surface area contributed by atoms with E-state index in [1.807, 2.05) is 6.92 Å². The van der Waals surface area contributed by atoms with Crippen molar-refractivity contribution in [1.82, 2.24) is 15.8 Å². The Hall–Kier alpha value is -1.07. The molecule has 6 heteroatoms. The number of rotatable bonds is 3. The maximum absolute atomic E-state index is 11.8. The Balaban J connectivity index is 0.00000162. The predicted octanol–water partition coefficient (Wildman–Crippen LogP) is 1.20. The average molecular weight is 274 g/mol. The zero-order chi connectivity index (χ0) is 12.3. The van der Waals surface area contributed by atoms with Gasteiger partial charge in [0.15, 0.2) is 0 Å². The lowest BCUT2D eigenvalue weighted by Crippen LogP contribution is -2.52. The molecular weight excluding hydrogens is 254 g/mol. The highest BCUT2D eigenvalue weighted by atomic mass is 35.5. The summed E-state index contributed by atoms with van der Waals surface area (Å²) in [6, 6.07) is 2.36. The van der Waals surface area contributed by atoms with E-state index in [2.05, 4.69) is 22.7 Å². The van der Waals surface area contributed by atoms with Gasteiger partial charge in [-0.3, -0.25) is 4.79 Å². The number of carbonyl (C=O) groups excluding carboxylic acids is 1. The highest BCUT2D eigenvalue weighted by Gasteiger charge is 2.22. The van der Waals surface area contributed by atoms with Crippen LogP contribution >= 0.6 is 12.4 Å². The lowest BCUT2D eigenvalue weighted by molar-refractivity contribution is -0.121. The van der Waals surface area contributed by atoms with Crippen molar-refractivity contribution in [3.8, 4) is 0 Å². The molecule has 1 aromatic rings. The fourth-order valence-electron chi connectivity index (χ4n) is 2.16. The Bertz CT molecular complexity index is 394. The van der Waals surface area contributed by atoms with E-state index in [-0.39, 0.29) is 24.4 Å². The van der Waals surface area contributed by atoms with Gasteiger partial charge in [0, 0.05) is 18.2 Å². The monoisotopic (exact) mass is 273 g/mol. The van der Waals surface area contributed by atoms with Gasteiger partial charge in [-0.1, -0.05) is 5.16 Å². The molecule has 2 atom stereocenters. The van der Waals surface area contributed by atoms with Gasteiger partial charge in [-0.05, 0) is 33.2 Å². The van der Waals surface area contributed by atoms with E-state index < -0.39 is 0 Å². The summed E-state index contributed by atoms with van der Waals surface area (Å²) in [5, 5.41) is 10.2. The summed E-state index contributed by atoms with van der Waals surface area (Å²) < 4.78 is 4.93. The number of nitrogens with zero attached hydrogens (tertiary/aromatic N) is 1. The second-order valence-corrected chi connectivity index (χ2v) is 4.66. The van der Waals surface area contributed by atoms with E-state index in [1.54, 1.807) is 6.07 Å². The first-order valence-electron chi connectivity index (χ1n) is 6.10. The lowest BCUT2D eigenvalue weighted by Gasteiger charge is -2.30. The van der Waals surface area contributed by atoms with E-state index in [9.17, 15) is 4.79 Å². The van der Waals surface area contributed by atoms with Crippen LogP contribution in [0.25, 0.3) is 0 Å². The van der Waals surface area contributed by atoms with Crippen LogP contribution in [0.15, 0.2) is 10.6 Å². The van der Waals surface area contributed by atoms with E-state index in [4.69, 9.17) is 4.52 Å². The van der Waals surface area contributed by atoms with Crippen molar-refractivity contribution in [2.24, 2.45) is 0 Å². The van der Waals surface area contributed by atoms with Crippen molar-refractivity contribution in [2.45, 2.75) is 45.2 Å². The van der Waals surface area contributed by atoms with Gasteiger partial charge in [0.25, 0.3) is 0 Å². The SMILES string of the molecule is Cc1cc(CC(=O)NC2CCCNC2C)no1.Cl. The third-order valence-corrected chi connectivity index (χ3v) is 3.13. The molecule has 5 nitrogen and oxygen atoms in total. The number of amides is 1. The van der Waals surface area contributed by atoms with Crippen LogP contribution in [0.4, 0.5) is 0 Å². The normalized spacial score (nSPS) is 23.2. The van der Waals surface area contributed by atoms with E-state index in [0.29, 0.717) is 18.2 Å². The maximum atomic E-state index is 11.8. The molecule has 2 unspecified atom stereocenters. The van der Waals surface area contributed by atoms with Crippen molar-refractivity contribution in [3.05, 3.63) is 17.5 Å². The molecule has 1 saturated heterocycles. The first-order valence-corrected chi connectivity index (χ1v) is 6.10. The molecule has 1 aliphatic rings. The Morgan fingerprint density at radius 2 is 2.44 bits per heavy atom. The number of nitrogens with one attached hydrogen (secondary N) is 2. The zero-order valence-electron chi connectivity index (χ0n) is 10.7. The van der Waals surface area contributed by atoms with Gasteiger partial charge in [-0.2, -0.15) is 0 Å². The van der Waals surface area contributed by atoms with Crippen molar-refractivity contribution >= 4 is 18.3 Å². The number of carbonyl (C=O) groups is 1. The summed E-state index contributed by atoms with van der Waals surface area (Å²) in [4.78, 5) is 11.8. The van der Waals surface area contributed by atoms with E-state index in [0.717, 1.165) is 25.1 Å². The summed E-state index contributed by atoms with van der Waals surface area (Å²) >= 11 is 0. The first kappa shape index (κ1) is 15.0. The molecule has 18 heavy (non-hydrogen) atoms. The fourth-order valence-corrected chi connectivity index (χ4v) is 2.16. The lowest BCUT2D eigenvalue weighted by atomic mass is 10.00. The molecule has 0 saturated carbocycles. The molecule has 0 radical (unpaired) electrons. The molecule has 0 spiro atoms. The Morgan fingerprint density at radius 1 is 1.67 bits per heavy atom. The highest BCUT2D eigenvalue weighted by Crippen LogP contribution is 2.09. The Labute approximate surface area is 113 Å². The minimum atomic E-state index is 0. The molecular formula is C12H20ClN3O2. The summed E-state index contributed by atoms with van der Waals surface area (Å²) in [5.74, 6) is 0.749. The number of halogens is 1. The van der Waals surface area contributed by atoms with Gasteiger partial charge in [0.1, 0.15) is 5.76 Å². The molecule has 0 aromatic carbocycles. The maximum Gasteiger partial charge on any atom is 0.226 e. The first-order chi connectivity index (χ1) is 8.15. The molecule has 1 fully saturated rings. The second-order valence-electron chi connectivity index (χ2n) is 4.66. The van der Waals surface area contributed by atoms with Crippen LogP contribution in [0.2, 0.25) is 0 Å². The van der Waals surface area contributed by atoms with Crippen LogP contribution in [0.1, 0.15) is 31.2 Å². The van der Waals surface area contributed by atoms with Gasteiger partial charge in [-0.15, -0.1) is 12.4 Å². The molecule has 2 heterocycles.